The van der Waals surface area contributed by atoms with Crippen LogP contribution in [-0.4, -0.2) is 19.1 Å². The van der Waals surface area contributed by atoms with Gasteiger partial charge in [-0.15, -0.1) is 0 Å². The van der Waals surface area contributed by atoms with E-state index in [9.17, 15) is 0 Å². The molecule has 2 rings (SSSR count). The summed E-state index contributed by atoms with van der Waals surface area (Å²) in [6, 6.07) is 7.04. The Morgan fingerprint density at radius 1 is 1.43 bits per heavy atom. The molecule has 0 aromatic heterocycles. The van der Waals surface area contributed by atoms with E-state index >= 15 is 0 Å². The molecule has 0 amide bonds. The van der Waals surface area contributed by atoms with Crippen LogP contribution in [0, 0.1) is 6.57 Å². The SMILES string of the molecule is [C-]#[N+]c1ccc(OC2CN=CN2)cc1. The van der Waals surface area contributed by atoms with Gasteiger partial charge in [-0.05, 0) is 12.1 Å². The first kappa shape index (κ1) is 8.57. The minimum absolute atomic E-state index is 0.0752. The first-order valence-electron chi connectivity index (χ1n) is 4.27. The van der Waals surface area contributed by atoms with Crippen molar-refractivity contribution >= 4 is 12.0 Å². The summed E-state index contributed by atoms with van der Waals surface area (Å²) in [6.45, 7) is 7.42. The Morgan fingerprint density at radius 3 is 2.79 bits per heavy atom. The van der Waals surface area contributed by atoms with Crippen molar-refractivity contribution in [1.29, 1.82) is 0 Å². The molecule has 1 N–H and O–H groups in total. The highest BCUT2D eigenvalue weighted by Crippen LogP contribution is 2.18. The Hall–Kier alpha value is -2.02. The van der Waals surface area contributed by atoms with E-state index in [2.05, 4.69) is 15.2 Å². The van der Waals surface area contributed by atoms with Gasteiger partial charge in [0.25, 0.3) is 0 Å². The topological polar surface area (TPSA) is 38.0 Å². The second-order valence-electron chi connectivity index (χ2n) is 2.87. The van der Waals surface area contributed by atoms with Crippen LogP contribution in [0.2, 0.25) is 0 Å². The monoisotopic (exact) mass is 187 g/mol. The number of aliphatic imine (C=N–C) groups is 1. The van der Waals surface area contributed by atoms with Gasteiger partial charge in [-0.2, -0.15) is 0 Å². The third-order valence-corrected chi connectivity index (χ3v) is 1.87. The normalized spacial score (nSPS) is 18.6. The average Bonchev–Trinajstić information content (AvgIpc) is 2.72. The summed E-state index contributed by atoms with van der Waals surface area (Å²) in [5.74, 6) is 0.750. The van der Waals surface area contributed by atoms with Crippen molar-refractivity contribution in [3.05, 3.63) is 35.7 Å². The number of rotatable bonds is 2. The largest absolute Gasteiger partial charge is 0.469 e. The fraction of sp³-hybridized carbons (Fsp3) is 0.200. The molecular formula is C10H9N3O. The van der Waals surface area contributed by atoms with Gasteiger partial charge >= 0.3 is 0 Å². The van der Waals surface area contributed by atoms with E-state index in [0.717, 1.165) is 5.75 Å². The molecule has 0 saturated carbocycles. The van der Waals surface area contributed by atoms with Crippen molar-refractivity contribution in [2.24, 2.45) is 4.99 Å². The van der Waals surface area contributed by atoms with E-state index in [1.165, 1.54) is 0 Å². The van der Waals surface area contributed by atoms with Crippen molar-refractivity contribution in [3.63, 3.8) is 0 Å². The van der Waals surface area contributed by atoms with Crippen molar-refractivity contribution in [3.8, 4) is 5.75 Å². The Kier molecular flexibility index (Phi) is 2.32. The van der Waals surface area contributed by atoms with Gasteiger partial charge < -0.3 is 10.1 Å². The van der Waals surface area contributed by atoms with Gasteiger partial charge in [0.05, 0.1) is 19.5 Å². The molecule has 0 spiro atoms. The molecule has 0 radical (unpaired) electrons. The average molecular weight is 187 g/mol. The minimum Gasteiger partial charge on any atom is -0.469 e. The first-order valence-corrected chi connectivity index (χ1v) is 4.27. The van der Waals surface area contributed by atoms with Gasteiger partial charge in [-0.25, -0.2) is 4.85 Å². The Bertz CT molecular complexity index is 369. The molecular weight excluding hydrogens is 178 g/mol. The molecule has 1 aliphatic heterocycles. The second-order valence-corrected chi connectivity index (χ2v) is 2.87. The fourth-order valence-corrected chi connectivity index (χ4v) is 1.17. The maximum absolute atomic E-state index is 6.79. The zero-order chi connectivity index (χ0) is 9.80. The van der Waals surface area contributed by atoms with Gasteiger partial charge in [-0.3, -0.25) is 4.99 Å². The van der Waals surface area contributed by atoms with E-state index in [1.807, 2.05) is 0 Å². The van der Waals surface area contributed by atoms with Crippen LogP contribution in [0.25, 0.3) is 4.85 Å². The molecule has 1 heterocycles. The summed E-state index contributed by atoms with van der Waals surface area (Å²) >= 11 is 0. The van der Waals surface area contributed by atoms with Crippen LogP contribution in [-0.2, 0) is 0 Å². The van der Waals surface area contributed by atoms with E-state index in [4.69, 9.17) is 11.3 Å². The number of nitrogens with zero attached hydrogens (tertiary/aromatic N) is 2. The standard InChI is InChI=1S/C10H9N3O/c1-11-8-2-4-9(5-3-8)14-10-6-12-7-13-10/h2-5,7,10H,6H2,(H,12,13). The van der Waals surface area contributed by atoms with Crippen molar-refractivity contribution in [1.82, 2.24) is 5.32 Å². The maximum atomic E-state index is 6.79. The Balaban J connectivity index is 2.00. The summed E-state index contributed by atoms with van der Waals surface area (Å²) in [4.78, 5) is 7.28. The van der Waals surface area contributed by atoms with Gasteiger partial charge in [0.2, 0.25) is 0 Å². The molecule has 1 unspecified atom stereocenters. The highest BCUT2D eigenvalue weighted by molar-refractivity contribution is 5.57. The third-order valence-electron chi connectivity index (χ3n) is 1.87. The lowest BCUT2D eigenvalue weighted by Crippen LogP contribution is -2.30. The van der Waals surface area contributed by atoms with Crippen LogP contribution >= 0.6 is 0 Å². The molecule has 1 atom stereocenters. The van der Waals surface area contributed by atoms with Crippen LogP contribution in [0.15, 0.2) is 29.3 Å². The van der Waals surface area contributed by atoms with Crippen LogP contribution in [0.3, 0.4) is 0 Å². The predicted molar refractivity (Wildman–Crippen MR) is 53.6 cm³/mol. The molecule has 1 aromatic rings. The quantitative estimate of drug-likeness (QED) is 0.714. The highest BCUT2D eigenvalue weighted by atomic mass is 16.5. The molecule has 0 saturated heterocycles. The highest BCUT2D eigenvalue weighted by Gasteiger charge is 2.10. The minimum atomic E-state index is -0.0752. The molecule has 0 fully saturated rings. The van der Waals surface area contributed by atoms with Crippen LogP contribution < -0.4 is 10.1 Å². The molecule has 0 aliphatic carbocycles. The van der Waals surface area contributed by atoms with Gasteiger partial charge in [0, 0.05) is 0 Å². The predicted octanol–water partition coefficient (Wildman–Crippen LogP) is 1.57. The van der Waals surface area contributed by atoms with Gasteiger partial charge in [0.15, 0.2) is 11.9 Å². The van der Waals surface area contributed by atoms with Crippen LogP contribution in [0.5, 0.6) is 5.75 Å². The number of ether oxygens (including phenoxy) is 1. The van der Waals surface area contributed by atoms with Crippen molar-refractivity contribution < 1.29 is 4.74 Å². The molecule has 0 bridgehead atoms. The molecule has 1 aromatic carbocycles. The smallest absolute Gasteiger partial charge is 0.190 e. The summed E-state index contributed by atoms with van der Waals surface area (Å²) in [6.07, 6.45) is 1.56. The zero-order valence-corrected chi connectivity index (χ0v) is 7.47. The van der Waals surface area contributed by atoms with E-state index in [1.54, 1.807) is 30.6 Å². The summed E-state index contributed by atoms with van der Waals surface area (Å²) in [5.41, 5.74) is 0.619. The lowest BCUT2D eigenvalue weighted by Gasteiger charge is -2.12. The Morgan fingerprint density at radius 2 is 2.21 bits per heavy atom. The van der Waals surface area contributed by atoms with Crippen LogP contribution in [0.4, 0.5) is 5.69 Å². The molecule has 70 valence electrons. The molecule has 4 nitrogen and oxygen atoms in total. The first-order chi connectivity index (χ1) is 6.88. The van der Waals surface area contributed by atoms with E-state index in [-0.39, 0.29) is 6.23 Å². The second kappa shape index (κ2) is 3.79. The van der Waals surface area contributed by atoms with Gasteiger partial charge in [-0.1, -0.05) is 12.1 Å². The molecule has 1 aliphatic rings. The maximum Gasteiger partial charge on any atom is 0.190 e. The number of hydrogen-bond donors (Lipinski definition) is 1. The van der Waals surface area contributed by atoms with Gasteiger partial charge in [0.1, 0.15) is 5.75 Å². The lowest BCUT2D eigenvalue weighted by molar-refractivity contribution is 0.206. The number of benzene rings is 1. The fourth-order valence-electron chi connectivity index (χ4n) is 1.17. The summed E-state index contributed by atoms with van der Waals surface area (Å²) in [5, 5.41) is 2.96. The molecule has 14 heavy (non-hydrogen) atoms. The zero-order valence-electron chi connectivity index (χ0n) is 7.47. The van der Waals surface area contributed by atoms with Crippen LogP contribution in [0.1, 0.15) is 0 Å². The van der Waals surface area contributed by atoms with E-state index < -0.39 is 0 Å². The van der Waals surface area contributed by atoms with Crippen molar-refractivity contribution in [2.75, 3.05) is 6.54 Å². The number of hydrogen-bond acceptors (Lipinski definition) is 3. The summed E-state index contributed by atoms with van der Waals surface area (Å²) < 4.78 is 5.54. The lowest BCUT2D eigenvalue weighted by atomic mass is 10.3. The number of nitrogens with one attached hydrogen (secondary N) is 1. The Labute approximate surface area is 82.0 Å². The van der Waals surface area contributed by atoms with Crippen molar-refractivity contribution in [2.45, 2.75) is 6.23 Å². The summed E-state index contributed by atoms with van der Waals surface area (Å²) in [7, 11) is 0. The van der Waals surface area contributed by atoms with E-state index in [0.29, 0.717) is 12.2 Å². The molecule has 4 heteroatoms. The third kappa shape index (κ3) is 1.83.